The molecule has 0 saturated heterocycles. The third-order valence-electron chi connectivity index (χ3n) is 13.6. The normalized spacial score (nSPS) is 14.7. The standard InChI is InChI=1S/C56H40/c1-55(2)49-31-33(25-27-47(49)51-43-21-11-7-17-39(43)41-19-9-13-23-45(41)53(51)55)35-29-30-36(38-16-6-5-15-37(35)38)34-26-28-48-50(32-34)56(3,4)54-46-24-14-10-20-42(46)40-18-8-12-22-44(40)52(48)54/h5-32H,1-4H3. The van der Waals surface area contributed by atoms with Gasteiger partial charge in [0.15, 0.2) is 0 Å². The summed E-state index contributed by atoms with van der Waals surface area (Å²) >= 11 is 0. The van der Waals surface area contributed by atoms with Crippen LogP contribution in [0.15, 0.2) is 170 Å². The minimum Gasteiger partial charge on any atom is -0.0616 e. The molecule has 0 amide bonds. The molecule has 264 valence electrons. The minimum absolute atomic E-state index is 0.147. The Morgan fingerprint density at radius 1 is 0.268 bits per heavy atom. The average Bonchev–Trinajstić information content (AvgIpc) is 3.63. The first-order valence-corrected chi connectivity index (χ1v) is 20.0. The highest BCUT2D eigenvalue weighted by Gasteiger charge is 2.40. The second kappa shape index (κ2) is 11.1. The zero-order valence-electron chi connectivity index (χ0n) is 32.2. The molecule has 0 saturated carbocycles. The Labute approximate surface area is 327 Å². The summed E-state index contributed by atoms with van der Waals surface area (Å²) in [6, 6.07) is 64.2. The predicted octanol–water partition coefficient (Wildman–Crippen LogP) is 15.4. The molecule has 2 aliphatic rings. The van der Waals surface area contributed by atoms with Gasteiger partial charge in [-0.3, -0.25) is 0 Å². The van der Waals surface area contributed by atoms with Crippen LogP contribution < -0.4 is 0 Å². The molecule has 0 spiro atoms. The van der Waals surface area contributed by atoms with Crippen LogP contribution in [0.25, 0.3) is 98.4 Å². The largest absolute Gasteiger partial charge is 0.0616 e. The van der Waals surface area contributed by atoms with E-state index in [9.17, 15) is 0 Å². The van der Waals surface area contributed by atoms with Gasteiger partial charge < -0.3 is 0 Å². The zero-order chi connectivity index (χ0) is 37.5. The average molecular weight is 713 g/mol. The SMILES string of the molecule is CC1(C)c2cc(-c3ccc(-c4ccc5c(c4)C(C)(C)c4c-5c5ccccc5c5ccccc45)c4ccccc34)ccc2-c2c1c1ccccc1c1ccccc21. The Morgan fingerprint density at radius 3 is 0.929 bits per heavy atom. The molecule has 0 bridgehead atoms. The Bertz CT molecular complexity index is 3130. The van der Waals surface area contributed by atoms with Gasteiger partial charge in [-0.05, 0) is 133 Å². The third kappa shape index (κ3) is 4.04. The summed E-state index contributed by atoms with van der Waals surface area (Å²) in [5, 5.41) is 13.3. The van der Waals surface area contributed by atoms with E-state index in [0.29, 0.717) is 0 Å². The molecule has 12 rings (SSSR count). The van der Waals surface area contributed by atoms with Crippen LogP contribution >= 0.6 is 0 Å². The van der Waals surface area contributed by atoms with E-state index in [1.165, 1.54) is 121 Å². The van der Waals surface area contributed by atoms with Crippen molar-refractivity contribution in [3.8, 4) is 44.5 Å². The Morgan fingerprint density at radius 2 is 0.554 bits per heavy atom. The second-order valence-corrected chi connectivity index (χ2v) is 17.2. The van der Waals surface area contributed by atoms with Crippen molar-refractivity contribution in [2.45, 2.75) is 38.5 Å². The lowest BCUT2D eigenvalue weighted by Crippen LogP contribution is -2.15. The van der Waals surface area contributed by atoms with Crippen molar-refractivity contribution in [2.75, 3.05) is 0 Å². The molecule has 0 fully saturated rings. The molecule has 0 aromatic heterocycles. The van der Waals surface area contributed by atoms with E-state index in [2.05, 4.69) is 198 Å². The van der Waals surface area contributed by atoms with Gasteiger partial charge in [-0.2, -0.15) is 0 Å². The Balaban J connectivity index is 1.02. The van der Waals surface area contributed by atoms with E-state index in [4.69, 9.17) is 0 Å². The summed E-state index contributed by atoms with van der Waals surface area (Å²) in [4.78, 5) is 0. The van der Waals surface area contributed by atoms with E-state index < -0.39 is 0 Å². The minimum atomic E-state index is -0.147. The number of rotatable bonds is 2. The second-order valence-electron chi connectivity index (χ2n) is 17.2. The van der Waals surface area contributed by atoms with Crippen LogP contribution in [0, 0.1) is 0 Å². The highest BCUT2D eigenvalue weighted by molar-refractivity contribution is 6.20. The van der Waals surface area contributed by atoms with Gasteiger partial charge in [0, 0.05) is 10.8 Å². The maximum absolute atomic E-state index is 2.49. The Hall–Kier alpha value is -6.50. The van der Waals surface area contributed by atoms with Gasteiger partial charge in [0.05, 0.1) is 0 Å². The van der Waals surface area contributed by atoms with Crippen LogP contribution in [0.2, 0.25) is 0 Å². The molecule has 0 atom stereocenters. The predicted molar refractivity (Wildman–Crippen MR) is 240 cm³/mol. The molecule has 0 heterocycles. The monoisotopic (exact) mass is 712 g/mol. The fourth-order valence-electron chi connectivity index (χ4n) is 11.1. The van der Waals surface area contributed by atoms with E-state index >= 15 is 0 Å². The molecule has 0 N–H and O–H groups in total. The topological polar surface area (TPSA) is 0 Å². The molecule has 0 aliphatic heterocycles. The molecule has 0 nitrogen and oxygen atoms in total. The molecular formula is C56H40. The lowest BCUT2D eigenvalue weighted by Gasteiger charge is -2.25. The molecular weight excluding hydrogens is 673 g/mol. The van der Waals surface area contributed by atoms with Crippen molar-refractivity contribution in [1.82, 2.24) is 0 Å². The molecule has 2 aliphatic carbocycles. The van der Waals surface area contributed by atoms with Gasteiger partial charge in [-0.25, -0.2) is 0 Å². The van der Waals surface area contributed by atoms with Crippen LogP contribution in [0.3, 0.4) is 0 Å². The zero-order valence-corrected chi connectivity index (χ0v) is 32.2. The van der Waals surface area contributed by atoms with Crippen molar-refractivity contribution in [3.05, 3.63) is 192 Å². The molecule has 56 heavy (non-hydrogen) atoms. The van der Waals surface area contributed by atoms with Crippen LogP contribution in [0.4, 0.5) is 0 Å². The van der Waals surface area contributed by atoms with Gasteiger partial charge in [0.2, 0.25) is 0 Å². The van der Waals surface area contributed by atoms with Crippen LogP contribution in [-0.4, -0.2) is 0 Å². The van der Waals surface area contributed by atoms with Crippen molar-refractivity contribution in [2.24, 2.45) is 0 Å². The lowest BCUT2D eigenvalue weighted by atomic mass is 9.78. The first-order valence-electron chi connectivity index (χ1n) is 20.0. The number of benzene rings is 10. The van der Waals surface area contributed by atoms with Gasteiger partial charge >= 0.3 is 0 Å². The van der Waals surface area contributed by atoms with E-state index in [1.807, 2.05) is 0 Å². The summed E-state index contributed by atoms with van der Waals surface area (Å²) < 4.78 is 0. The maximum atomic E-state index is 2.49. The molecule has 10 aromatic rings. The van der Waals surface area contributed by atoms with Crippen molar-refractivity contribution in [1.29, 1.82) is 0 Å². The van der Waals surface area contributed by atoms with E-state index in [-0.39, 0.29) is 10.8 Å². The first-order chi connectivity index (χ1) is 27.3. The Kier molecular flexibility index (Phi) is 6.28. The molecule has 0 unspecified atom stereocenters. The van der Waals surface area contributed by atoms with Crippen LogP contribution in [0.1, 0.15) is 49.9 Å². The quantitative estimate of drug-likeness (QED) is 0.157. The van der Waals surface area contributed by atoms with E-state index in [0.717, 1.165) is 0 Å². The summed E-state index contributed by atoms with van der Waals surface area (Å²) in [7, 11) is 0. The highest BCUT2D eigenvalue weighted by atomic mass is 14.4. The van der Waals surface area contributed by atoms with Crippen LogP contribution in [0.5, 0.6) is 0 Å². The first kappa shape index (κ1) is 31.8. The van der Waals surface area contributed by atoms with Crippen molar-refractivity contribution >= 4 is 53.9 Å². The summed E-state index contributed by atoms with van der Waals surface area (Å²) in [6.45, 7) is 9.68. The number of fused-ring (bicyclic) bond motifs is 17. The third-order valence-corrected chi connectivity index (χ3v) is 13.6. The number of hydrogen-bond acceptors (Lipinski definition) is 0. The molecule has 10 aromatic carbocycles. The highest BCUT2D eigenvalue weighted by Crippen LogP contribution is 2.57. The van der Waals surface area contributed by atoms with E-state index in [1.54, 1.807) is 0 Å². The number of hydrogen-bond donors (Lipinski definition) is 0. The fraction of sp³-hybridized carbons (Fsp3) is 0.107. The van der Waals surface area contributed by atoms with Crippen molar-refractivity contribution < 1.29 is 0 Å². The smallest absolute Gasteiger partial charge is 0.0165 e. The van der Waals surface area contributed by atoms with Crippen molar-refractivity contribution in [3.63, 3.8) is 0 Å². The summed E-state index contributed by atoms with van der Waals surface area (Å²) in [5.41, 5.74) is 16.0. The summed E-state index contributed by atoms with van der Waals surface area (Å²) in [5.74, 6) is 0. The van der Waals surface area contributed by atoms with Gasteiger partial charge in [-0.1, -0.05) is 185 Å². The summed E-state index contributed by atoms with van der Waals surface area (Å²) in [6.07, 6.45) is 0. The van der Waals surface area contributed by atoms with Gasteiger partial charge in [0.25, 0.3) is 0 Å². The van der Waals surface area contributed by atoms with Gasteiger partial charge in [0.1, 0.15) is 0 Å². The van der Waals surface area contributed by atoms with Crippen LogP contribution in [-0.2, 0) is 10.8 Å². The van der Waals surface area contributed by atoms with Gasteiger partial charge in [-0.15, -0.1) is 0 Å². The molecule has 0 heteroatoms. The fourth-order valence-corrected chi connectivity index (χ4v) is 11.1. The lowest BCUT2D eigenvalue weighted by molar-refractivity contribution is 0.666. The maximum Gasteiger partial charge on any atom is 0.0165 e. The molecule has 0 radical (unpaired) electrons.